The summed E-state index contributed by atoms with van der Waals surface area (Å²) in [6, 6.07) is 6.71. The van der Waals surface area contributed by atoms with Gasteiger partial charge in [0.25, 0.3) is 17.7 Å². The molecular formula is C23H27N5O7S. The van der Waals surface area contributed by atoms with Crippen molar-refractivity contribution in [2.45, 2.75) is 13.0 Å². The molecule has 2 aromatic heterocycles. The van der Waals surface area contributed by atoms with Crippen molar-refractivity contribution < 1.29 is 33.0 Å². The molecular weight excluding hydrogens is 490 g/mol. The molecule has 192 valence electrons. The Kier molecular flexibility index (Phi) is 8.51. The zero-order valence-electron chi connectivity index (χ0n) is 20.2. The van der Waals surface area contributed by atoms with Gasteiger partial charge in [0, 0.05) is 19.7 Å². The molecule has 12 nitrogen and oxygen atoms in total. The van der Waals surface area contributed by atoms with Crippen LogP contribution >= 0.6 is 11.5 Å². The summed E-state index contributed by atoms with van der Waals surface area (Å²) < 4.78 is 25.5. The van der Waals surface area contributed by atoms with Gasteiger partial charge in [-0.2, -0.15) is 4.37 Å². The molecule has 1 atom stereocenters. The summed E-state index contributed by atoms with van der Waals surface area (Å²) in [6.07, 6.45) is 0. The summed E-state index contributed by atoms with van der Waals surface area (Å²) in [4.78, 5) is 40.3. The maximum absolute atomic E-state index is 14.0. The fourth-order valence-electron chi connectivity index (χ4n) is 3.44. The number of nitrogens with two attached hydrogens (primary N) is 2. The number of methoxy groups -OCH3 is 3. The first-order valence-electron chi connectivity index (χ1n) is 10.7. The summed E-state index contributed by atoms with van der Waals surface area (Å²) in [5, 5.41) is 2.75. The minimum atomic E-state index is -1.29. The molecule has 5 N–H and O–H groups in total. The fourth-order valence-corrected chi connectivity index (χ4v) is 4.18. The van der Waals surface area contributed by atoms with Gasteiger partial charge in [-0.3, -0.25) is 19.3 Å². The lowest BCUT2D eigenvalue weighted by Crippen LogP contribution is -2.44. The second-order valence-electron chi connectivity index (χ2n) is 7.49. The Morgan fingerprint density at radius 3 is 2.47 bits per heavy atom. The highest BCUT2D eigenvalue weighted by molar-refractivity contribution is 7.09. The van der Waals surface area contributed by atoms with E-state index in [0.717, 1.165) is 0 Å². The molecule has 0 aliphatic carbocycles. The van der Waals surface area contributed by atoms with E-state index in [-0.39, 0.29) is 46.6 Å². The van der Waals surface area contributed by atoms with Crippen molar-refractivity contribution in [2.24, 2.45) is 5.73 Å². The van der Waals surface area contributed by atoms with Crippen LogP contribution in [-0.2, 0) is 9.53 Å². The van der Waals surface area contributed by atoms with Crippen LogP contribution in [0.15, 0.2) is 34.7 Å². The molecule has 2 heterocycles. The Bertz CT molecular complexity index is 1260. The lowest BCUT2D eigenvalue weighted by molar-refractivity contribution is -0.123. The molecule has 0 bridgehead atoms. The minimum Gasteiger partial charge on any atom is -0.497 e. The normalized spacial score (nSPS) is 11.6. The molecule has 0 aliphatic rings. The van der Waals surface area contributed by atoms with Crippen LogP contribution in [-0.4, -0.2) is 56.6 Å². The van der Waals surface area contributed by atoms with Gasteiger partial charge < -0.3 is 35.4 Å². The smallest absolute Gasteiger partial charge is 0.273 e. The van der Waals surface area contributed by atoms with Crippen LogP contribution in [0.5, 0.6) is 11.5 Å². The summed E-state index contributed by atoms with van der Waals surface area (Å²) in [5.74, 6) is -0.737. The zero-order valence-corrected chi connectivity index (χ0v) is 21.0. The lowest BCUT2D eigenvalue weighted by Gasteiger charge is -2.30. The largest absolute Gasteiger partial charge is 0.497 e. The van der Waals surface area contributed by atoms with Gasteiger partial charge in [0.05, 0.1) is 32.2 Å². The summed E-state index contributed by atoms with van der Waals surface area (Å²) in [6.45, 7) is 2.14. The van der Waals surface area contributed by atoms with E-state index >= 15 is 0 Å². The number of aromatic nitrogens is 1. The fraction of sp³-hybridized carbons (Fsp3) is 0.304. The van der Waals surface area contributed by atoms with Crippen LogP contribution < -0.4 is 31.2 Å². The van der Waals surface area contributed by atoms with Gasteiger partial charge in [-0.15, -0.1) is 0 Å². The number of carbonyl (C=O) groups is 3. The third kappa shape index (κ3) is 5.42. The number of aryl methyl sites for hydroxylation is 1. The maximum atomic E-state index is 14.0. The molecule has 3 rings (SSSR count). The molecule has 0 spiro atoms. The Balaban J connectivity index is 2.23. The number of nitrogen functional groups attached to an aromatic ring is 1. The van der Waals surface area contributed by atoms with E-state index in [0.29, 0.717) is 23.0 Å². The maximum Gasteiger partial charge on any atom is 0.273 e. The highest BCUT2D eigenvalue weighted by Crippen LogP contribution is 2.40. The van der Waals surface area contributed by atoms with Crippen molar-refractivity contribution in [1.29, 1.82) is 0 Å². The van der Waals surface area contributed by atoms with E-state index in [9.17, 15) is 14.4 Å². The zero-order chi connectivity index (χ0) is 26.4. The van der Waals surface area contributed by atoms with Crippen molar-refractivity contribution >= 4 is 40.6 Å². The quantitative estimate of drug-likeness (QED) is 0.321. The van der Waals surface area contributed by atoms with Crippen LogP contribution in [0, 0.1) is 6.92 Å². The van der Waals surface area contributed by atoms with Crippen LogP contribution in [0.3, 0.4) is 0 Å². The molecule has 0 fully saturated rings. The minimum absolute atomic E-state index is 0.0837. The first-order valence-corrected chi connectivity index (χ1v) is 11.4. The molecule has 1 aromatic carbocycles. The Hall–Kier alpha value is -4.10. The summed E-state index contributed by atoms with van der Waals surface area (Å²) >= 11 is 0.693. The molecule has 0 unspecified atom stereocenters. The Morgan fingerprint density at radius 2 is 1.92 bits per heavy atom. The molecule has 13 heteroatoms. The third-order valence-electron chi connectivity index (χ3n) is 5.16. The molecule has 3 amide bonds. The van der Waals surface area contributed by atoms with Gasteiger partial charge in [-0.25, -0.2) is 0 Å². The standard InChI is InChI=1S/C23H27N5O7S/c1-12-5-8-15(35-12)19(22(30)26-9-10-32-2)28(14-7-6-13(33-3)11-16(14)34-4)23(31)20-17(24)18(21(25)29)27-36-20/h5-8,11,19H,9-10,24H2,1-4H3,(H2,25,29)(H,26,30)/t19-/m0/s1. The van der Waals surface area contributed by atoms with E-state index < -0.39 is 23.8 Å². The number of carbonyl (C=O) groups excluding carboxylic acids is 3. The number of hydrogen-bond acceptors (Lipinski definition) is 10. The topological polar surface area (TPSA) is 172 Å². The van der Waals surface area contributed by atoms with E-state index in [4.69, 9.17) is 30.1 Å². The number of primary amides is 1. The Labute approximate surface area is 211 Å². The number of rotatable bonds is 11. The molecule has 0 aliphatic heterocycles. The highest BCUT2D eigenvalue weighted by Gasteiger charge is 2.39. The van der Waals surface area contributed by atoms with E-state index in [1.54, 1.807) is 37.3 Å². The van der Waals surface area contributed by atoms with Crippen LogP contribution in [0.1, 0.15) is 37.7 Å². The average Bonchev–Trinajstić information content (AvgIpc) is 3.47. The van der Waals surface area contributed by atoms with Gasteiger partial charge in [-0.05, 0) is 42.7 Å². The lowest BCUT2D eigenvalue weighted by atomic mass is 10.1. The van der Waals surface area contributed by atoms with Crippen LogP contribution in [0.25, 0.3) is 0 Å². The van der Waals surface area contributed by atoms with Crippen LogP contribution in [0.4, 0.5) is 11.4 Å². The number of benzene rings is 1. The number of anilines is 2. The first kappa shape index (κ1) is 26.5. The molecule has 0 radical (unpaired) electrons. The summed E-state index contributed by atoms with van der Waals surface area (Å²) in [5.41, 5.74) is 11.2. The van der Waals surface area contributed by atoms with E-state index in [2.05, 4.69) is 9.69 Å². The van der Waals surface area contributed by atoms with Crippen LogP contribution in [0.2, 0.25) is 0 Å². The van der Waals surface area contributed by atoms with E-state index in [1.165, 1.54) is 26.2 Å². The molecule has 0 saturated carbocycles. The second kappa shape index (κ2) is 11.6. The van der Waals surface area contributed by atoms with Crippen molar-refractivity contribution in [1.82, 2.24) is 9.69 Å². The van der Waals surface area contributed by atoms with Gasteiger partial charge in [-0.1, -0.05) is 0 Å². The van der Waals surface area contributed by atoms with Crippen molar-refractivity contribution in [2.75, 3.05) is 45.1 Å². The first-order chi connectivity index (χ1) is 17.2. The second-order valence-corrected chi connectivity index (χ2v) is 8.26. The SMILES string of the molecule is COCCNC(=O)[C@H](c1ccc(C)o1)N(C(=O)c1snc(C(N)=O)c1N)c1ccc(OC)cc1OC. The molecule has 3 aromatic rings. The van der Waals surface area contributed by atoms with Gasteiger partial charge in [0.15, 0.2) is 11.7 Å². The van der Waals surface area contributed by atoms with E-state index in [1.807, 2.05) is 0 Å². The number of ether oxygens (including phenoxy) is 3. The third-order valence-corrected chi connectivity index (χ3v) is 6.01. The molecule has 0 saturated heterocycles. The predicted octanol–water partition coefficient (Wildman–Crippen LogP) is 1.89. The van der Waals surface area contributed by atoms with Crippen molar-refractivity contribution in [3.63, 3.8) is 0 Å². The number of nitrogens with one attached hydrogen (secondary N) is 1. The number of hydrogen-bond donors (Lipinski definition) is 3. The van der Waals surface area contributed by atoms with Crippen molar-refractivity contribution in [3.8, 4) is 11.5 Å². The van der Waals surface area contributed by atoms with Gasteiger partial charge in [0.2, 0.25) is 0 Å². The average molecular weight is 518 g/mol. The predicted molar refractivity (Wildman–Crippen MR) is 132 cm³/mol. The Morgan fingerprint density at radius 1 is 1.17 bits per heavy atom. The monoisotopic (exact) mass is 517 g/mol. The van der Waals surface area contributed by atoms with Gasteiger partial charge in [0.1, 0.15) is 27.9 Å². The number of nitrogens with zero attached hydrogens (tertiary/aromatic N) is 2. The molecule has 36 heavy (non-hydrogen) atoms. The summed E-state index contributed by atoms with van der Waals surface area (Å²) in [7, 11) is 4.40. The van der Waals surface area contributed by atoms with Gasteiger partial charge >= 0.3 is 0 Å². The number of amides is 3. The van der Waals surface area contributed by atoms with Crippen molar-refractivity contribution in [3.05, 3.63) is 52.4 Å². The number of furan rings is 1. The highest BCUT2D eigenvalue weighted by atomic mass is 32.1.